The lowest BCUT2D eigenvalue weighted by atomic mass is 10.1. The van der Waals surface area contributed by atoms with Crippen LogP contribution in [-0.4, -0.2) is 32.0 Å². The van der Waals surface area contributed by atoms with Gasteiger partial charge in [-0.25, -0.2) is 8.42 Å². The molecule has 78 valence electrons. The van der Waals surface area contributed by atoms with Crippen molar-refractivity contribution in [2.45, 2.75) is 45.2 Å². The molecular weight excluding hydrogens is 186 g/mol. The second-order valence-electron chi connectivity index (χ2n) is 3.96. The van der Waals surface area contributed by atoms with Crippen LogP contribution in [0.15, 0.2) is 0 Å². The van der Waals surface area contributed by atoms with Crippen LogP contribution in [0.2, 0.25) is 0 Å². The van der Waals surface area contributed by atoms with Gasteiger partial charge in [0.25, 0.3) is 0 Å². The average molecular weight is 205 g/mol. The number of nitrogens with one attached hydrogen (secondary N) is 1. The Hall–Kier alpha value is -0.0900. The highest BCUT2D eigenvalue weighted by Gasteiger charge is 2.28. The van der Waals surface area contributed by atoms with E-state index in [0.717, 1.165) is 19.3 Å². The minimum atomic E-state index is -2.72. The number of hydrogen-bond acceptors (Lipinski definition) is 3. The van der Waals surface area contributed by atoms with Gasteiger partial charge in [-0.1, -0.05) is 13.3 Å². The van der Waals surface area contributed by atoms with E-state index in [1.807, 2.05) is 0 Å². The van der Waals surface area contributed by atoms with Gasteiger partial charge in [0, 0.05) is 12.1 Å². The Balaban J connectivity index is 2.32. The molecule has 0 spiro atoms. The molecule has 1 fully saturated rings. The van der Waals surface area contributed by atoms with E-state index in [-0.39, 0.29) is 6.04 Å². The summed E-state index contributed by atoms with van der Waals surface area (Å²) in [4.78, 5) is 0. The second-order valence-corrected chi connectivity index (χ2v) is 6.19. The second kappa shape index (κ2) is 4.42. The molecule has 13 heavy (non-hydrogen) atoms. The molecule has 0 aromatic rings. The van der Waals surface area contributed by atoms with Gasteiger partial charge in [-0.3, -0.25) is 0 Å². The van der Waals surface area contributed by atoms with Crippen molar-refractivity contribution in [3.05, 3.63) is 0 Å². The molecule has 0 saturated carbocycles. The molecule has 4 heteroatoms. The van der Waals surface area contributed by atoms with E-state index in [9.17, 15) is 8.42 Å². The van der Waals surface area contributed by atoms with Crippen LogP contribution in [0, 0.1) is 0 Å². The first-order valence-corrected chi connectivity index (χ1v) is 6.82. The molecule has 0 unspecified atom stereocenters. The van der Waals surface area contributed by atoms with Gasteiger partial charge < -0.3 is 5.32 Å². The predicted octanol–water partition coefficient (Wildman–Crippen LogP) is 0.952. The first kappa shape index (κ1) is 11.0. The SMILES string of the molecule is CCC[C@H](C)N[C@H]1CCS(=O)(=O)C1. The molecule has 0 amide bonds. The molecule has 1 saturated heterocycles. The lowest BCUT2D eigenvalue weighted by Crippen LogP contribution is -2.37. The third-order valence-electron chi connectivity index (χ3n) is 2.47. The first-order chi connectivity index (χ1) is 6.03. The average Bonchev–Trinajstić information content (AvgIpc) is 2.30. The summed E-state index contributed by atoms with van der Waals surface area (Å²) in [6, 6.07) is 0.648. The van der Waals surface area contributed by atoms with Crippen molar-refractivity contribution in [1.82, 2.24) is 5.32 Å². The third kappa shape index (κ3) is 3.65. The van der Waals surface area contributed by atoms with Gasteiger partial charge in [0.15, 0.2) is 9.84 Å². The van der Waals surface area contributed by atoms with E-state index in [0.29, 0.717) is 17.5 Å². The standard InChI is InChI=1S/C9H19NO2S/c1-3-4-8(2)10-9-5-6-13(11,12)7-9/h8-10H,3-7H2,1-2H3/t8-,9-/m0/s1. The van der Waals surface area contributed by atoms with Crippen LogP contribution >= 0.6 is 0 Å². The van der Waals surface area contributed by atoms with Gasteiger partial charge in [-0.05, 0) is 19.8 Å². The molecule has 0 aliphatic carbocycles. The highest BCUT2D eigenvalue weighted by molar-refractivity contribution is 7.91. The fourth-order valence-electron chi connectivity index (χ4n) is 1.85. The van der Waals surface area contributed by atoms with Gasteiger partial charge in [-0.15, -0.1) is 0 Å². The predicted molar refractivity (Wildman–Crippen MR) is 54.6 cm³/mol. The minimum absolute atomic E-state index is 0.201. The van der Waals surface area contributed by atoms with Crippen molar-refractivity contribution < 1.29 is 8.42 Å². The molecule has 3 nitrogen and oxygen atoms in total. The fourth-order valence-corrected chi connectivity index (χ4v) is 3.53. The van der Waals surface area contributed by atoms with Gasteiger partial charge in [0.1, 0.15) is 0 Å². The highest BCUT2D eigenvalue weighted by Crippen LogP contribution is 2.12. The third-order valence-corrected chi connectivity index (χ3v) is 4.24. The Bertz CT molecular complexity index is 248. The van der Waals surface area contributed by atoms with Gasteiger partial charge >= 0.3 is 0 Å². The first-order valence-electron chi connectivity index (χ1n) is 5.00. The summed E-state index contributed by atoms with van der Waals surface area (Å²) in [5.41, 5.74) is 0. The van der Waals surface area contributed by atoms with Crippen LogP contribution in [0.25, 0.3) is 0 Å². The van der Waals surface area contributed by atoms with Crippen molar-refractivity contribution in [2.24, 2.45) is 0 Å². The zero-order valence-electron chi connectivity index (χ0n) is 8.41. The lowest BCUT2D eigenvalue weighted by Gasteiger charge is -2.17. The van der Waals surface area contributed by atoms with Crippen LogP contribution < -0.4 is 5.32 Å². The van der Waals surface area contributed by atoms with Gasteiger partial charge in [0.2, 0.25) is 0 Å². The molecule has 1 N–H and O–H groups in total. The summed E-state index contributed by atoms with van der Waals surface area (Å²) in [7, 11) is -2.72. The Labute approximate surface area is 80.8 Å². The Kier molecular flexibility index (Phi) is 3.74. The Morgan fingerprint density at radius 3 is 2.69 bits per heavy atom. The summed E-state index contributed by atoms with van der Waals surface area (Å²) in [5, 5.41) is 3.36. The Morgan fingerprint density at radius 2 is 2.23 bits per heavy atom. The number of sulfone groups is 1. The number of rotatable bonds is 4. The summed E-state index contributed by atoms with van der Waals surface area (Å²) in [6.07, 6.45) is 3.06. The molecule has 1 rings (SSSR count). The van der Waals surface area contributed by atoms with E-state index in [2.05, 4.69) is 19.2 Å². The molecule has 0 radical (unpaired) electrons. The zero-order valence-corrected chi connectivity index (χ0v) is 9.23. The largest absolute Gasteiger partial charge is 0.310 e. The van der Waals surface area contributed by atoms with Crippen molar-refractivity contribution >= 4 is 9.84 Å². The summed E-state index contributed by atoms with van der Waals surface area (Å²) in [6.45, 7) is 4.26. The quantitative estimate of drug-likeness (QED) is 0.743. The van der Waals surface area contributed by atoms with Crippen molar-refractivity contribution in [1.29, 1.82) is 0 Å². The molecule has 0 aromatic carbocycles. The van der Waals surface area contributed by atoms with Gasteiger partial charge in [-0.2, -0.15) is 0 Å². The molecule has 2 atom stereocenters. The molecule has 0 aromatic heterocycles. The maximum Gasteiger partial charge on any atom is 0.151 e. The molecular formula is C9H19NO2S. The van der Waals surface area contributed by atoms with Gasteiger partial charge in [0.05, 0.1) is 11.5 Å². The normalized spacial score (nSPS) is 28.9. The minimum Gasteiger partial charge on any atom is -0.310 e. The van der Waals surface area contributed by atoms with Crippen molar-refractivity contribution in [3.8, 4) is 0 Å². The lowest BCUT2D eigenvalue weighted by molar-refractivity contribution is 0.447. The molecule has 1 aliphatic rings. The fraction of sp³-hybridized carbons (Fsp3) is 1.00. The maximum absolute atomic E-state index is 11.1. The monoisotopic (exact) mass is 205 g/mol. The molecule has 0 bridgehead atoms. The summed E-state index contributed by atoms with van der Waals surface area (Å²) >= 11 is 0. The van der Waals surface area contributed by atoms with E-state index in [4.69, 9.17) is 0 Å². The van der Waals surface area contributed by atoms with Crippen LogP contribution in [0.4, 0.5) is 0 Å². The van der Waals surface area contributed by atoms with Crippen LogP contribution in [-0.2, 0) is 9.84 Å². The number of hydrogen-bond donors (Lipinski definition) is 1. The Morgan fingerprint density at radius 1 is 1.54 bits per heavy atom. The van der Waals surface area contributed by atoms with Crippen molar-refractivity contribution in [2.75, 3.05) is 11.5 Å². The van der Waals surface area contributed by atoms with Crippen LogP contribution in [0.1, 0.15) is 33.1 Å². The van der Waals surface area contributed by atoms with E-state index < -0.39 is 9.84 Å². The maximum atomic E-state index is 11.1. The van der Waals surface area contributed by atoms with Crippen molar-refractivity contribution in [3.63, 3.8) is 0 Å². The zero-order chi connectivity index (χ0) is 9.90. The summed E-state index contributed by atoms with van der Waals surface area (Å²) in [5.74, 6) is 0.699. The van der Waals surface area contributed by atoms with E-state index in [1.165, 1.54) is 0 Å². The van der Waals surface area contributed by atoms with Crippen LogP contribution in [0.3, 0.4) is 0 Å². The van der Waals surface area contributed by atoms with Crippen LogP contribution in [0.5, 0.6) is 0 Å². The molecule has 1 heterocycles. The topological polar surface area (TPSA) is 46.2 Å². The smallest absolute Gasteiger partial charge is 0.151 e. The van der Waals surface area contributed by atoms with E-state index >= 15 is 0 Å². The highest BCUT2D eigenvalue weighted by atomic mass is 32.2. The van der Waals surface area contributed by atoms with E-state index in [1.54, 1.807) is 0 Å². The molecule has 1 aliphatic heterocycles. The summed E-state index contributed by atoms with van der Waals surface area (Å²) < 4.78 is 22.3.